The Bertz CT molecular complexity index is 716. The Balaban J connectivity index is 2.07. The van der Waals surface area contributed by atoms with E-state index in [1.54, 1.807) is 6.07 Å². The topological polar surface area (TPSA) is 21.1 Å². The van der Waals surface area contributed by atoms with Crippen molar-refractivity contribution in [2.75, 3.05) is 11.4 Å². The second kappa shape index (κ2) is 5.58. The highest BCUT2D eigenvalue weighted by atomic mass is 19.4. The zero-order valence-corrected chi connectivity index (χ0v) is 13.5. The van der Waals surface area contributed by atoms with Gasteiger partial charge in [-0.1, -0.05) is 6.07 Å². The molecule has 2 aromatic rings. The molecule has 0 saturated carbocycles. The lowest BCUT2D eigenvalue weighted by atomic mass is 9.95. The van der Waals surface area contributed by atoms with Gasteiger partial charge in [-0.2, -0.15) is 18.3 Å². The number of aryl methyl sites for hydroxylation is 2. The average molecular weight is 323 g/mol. The summed E-state index contributed by atoms with van der Waals surface area (Å²) in [5.41, 5.74) is 2.14. The first-order chi connectivity index (χ1) is 10.8. The predicted molar refractivity (Wildman–Crippen MR) is 84.4 cm³/mol. The van der Waals surface area contributed by atoms with E-state index in [9.17, 15) is 13.2 Å². The van der Waals surface area contributed by atoms with E-state index in [1.165, 1.54) is 17.9 Å². The summed E-state index contributed by atoms with van der Waals surface area (Å²) >= 11 is 0. The Labute approximate surface area is 133 Å². The van der Waals surface area contributed by atoms with E-state index >= 15 is 0 Å². The van der Waals surface area contributed by atoms with Crippen molar-refractivity contribution in [1.82, 2.24) is 9.78 Å². The molecule has 1 aliphatic rings. The van der Waals surface area contributed by atoms with Crippen molar-refractivity contribution in [2.24, 2.45) is 7.05 Å². The van der Waals surface area contributed by atoms with Crippen molar-refractivity contribution in [1.29, 1.82) is 0 Å². The van der Waals surface area contributed by atoms with Gasteiger partial charge in [-0.05, 0) is 49.9 Å². The standard InChI is InChI=1S/C17H20F3N3/c1-11(2)23-8-4-5-13-9-12(6-7-15(13)23)14-10-22(3)21-16(14)17(18,19)20/h6-7,9-11H,4-5,8H2,1-3H3. The van der Waals surface area contributed by atoms with E-state index in [4.69, 9.17) is 0 Å². The largest absolute Gasteiger partial charge is 0.435 e. The predicted octanol–water partition coefficient (Wildman–Crippen LogP) is 4.27. The molecule has 124 valence electrons. The highest BCUT2D eigenvalue weighted by Gasteiger charge is 2.37. The average Bonchev–Trinajstić information content (AvgIpc) is 2.88. The summed E-state index contributed by atoms with van der Waals surface area (Å²) < 4.78 is 40.7. The summed E-state index contributed by atoms with van der Waals surface area (Å²) in [6.07, 6.45) is -1.09. The summed E-state index contributed by atoms with van der Waals surface area (Å²) in [5, 5.41) is 3.59. The SMILES string of the molecule is CC(C)N1CCCc2cc(-c3cn(C)nc3C(F)(F)F)ccc21. The molecular formula is C17H20F3N3. The number of aromatic nitrogens is 2. The van der Waals surface area contributed by atoms with Crippen molar-refractivity contribution >= 4 is 5.69 Å². The second-order valence-electron chi connectivity index (χ2n) is 6.30. The molecule has 1 aromatic heterocycles. The van der Waals surface area contributed by atoms with Gasteiger partial charge in [0.1, 0.15) is 0 Å². The molecular weight excluding hydrogens is 303 g/mol. The van der Waals surface area contributed by atoms with Gasteiger partial charge >= 0.3 is 6.18 Å². The number of rotatable bonds is 2. The molecule has 0 aliphatic carbocycles. The third-order valence-electron chi connectivity index (χ3n) is 4.27. The maximum Gasteiger partial charge on any atom is 0.435 e. The number of nitrogens with zero attached hydrogens (tertiary/aromatic N) is 3. The molecule has 3 nitrogen and oxygen atoms in total. The zero-order chi connectivity index (χ0) is 16.8. The third-order valence-corrected chi connectivity index (χ3v) is 4.27. The number of alkyl halides is 3. The minimum atomic E-state index is -4.45. The lowest BCUT2D eigenvalue weighted by Gasteiger charge is -2.35. The Morgan fingerprint density at radius 2 is 1.96 bits per heavy atom. The highest BCUT2D eigenvalue weighted by molar-refractivity contribution is 5.71. The number of hydrogen-bond donors (Lipinski definition) is 0. The monoisotopic (exact) mass is 323 g/mol. The molecule has 3 rings (SSSR count). The van der Waals surface area contributed by atoms with E-state index in [0.29, 0.717) is 11.6 Å². The first kappa shape index (κ1) is 15.9. The summed E-state index contributed by atoms with van der Waals surface area (Å²) in [6.45, 7) is 5.25. The Kier molecular flexibility index (Phi) is 3.86. The molecule has 0 radical (unpaired) electrons. The molecule has 0 unspecified atom stereocenters. The van der Waals surface area contributed by atoms with E-state index in [-0.39, 0.29) is 5.56 Å². The fraction of sp³-hybridized carbons (Fsp3) is 0.471. The Morgan fingerprint density at radius 3 is 2.61 bits per heavy atom. The highest BCUT2D eigenvalue weighted by Crippen LogP contribution is 2.38. The summed E-state index contributed by atoms with van der Waals surface area (Å²) in [5.74, 6) is 0. The van der Waals surface area contributed by atoms with Crippen LogP contribution in [0.1, 0.15) is 31.5 Å². The van der Waals surface area contributed by atoms with Crippen molar-refractivity contribution in [3.05, 3.63) is 35.7 Å². The number of benzene rings is 1. The lowest BCUT2D eigenvalue weighted by Crippen LogP contribution is -2.35. The third kappa shape index (κ3) is 2.94. The maximum atomic E-state index is 13.2. The van der Waals surface area contributed by atoms with Crippen LogP contribution < -0.4 is 4.90 Å². The summed E-state index contributed by atoms with van der Waals surface area (Å²) in [6, 6.07) is 5.97. The van der Waals surface area contributed by atoms with Gasteiger partial charge in [0.2, 0.25) is 0 Å². The van der Waals surface area contributed by atoms with Gasteiger partial charge in [0.25, 0.3) is 0 Å². The molecule has 6 heteroatoms. The smallest absolute Gasteiger partial charge is 0.369 e. The Hall–Kier alpha value is -1.98. The quantitative estimate of drug-likeness (QED) is 0.823. The molecule has 0 bridgehead atoms. The second-order valence-corrected chi connectivity index (χ2v) is 6.30. The number of fused-ring (bicyclic) bond motifs is 1. The van der Waals surface area contributed by atoms with Crippen LogP contribution in [0.15, 0.2) is 24.4 Å². The molecule has 0 spiro atoms. The minimum Gasteiger partial charge on any atom is -0.369 e. The van der Waals surface area contributed by atoms with Gasteiger partial charge < -0.3 is 4.90 Å². The van der Waals surface area contributed by atoms with E-state index in [2.05, 4.69) is 23.8 Å². The van der Waals surface area contributed by atoms with Crippen LogP contribution in [0, 0.1) is 0 Å². The molecule has 1 aromatic carbocycles. The fourth-order valence-electron chi connectivity index (χ4n) is 3.24. The maximum absolute atomic E-state index is 13.2. The van der Waals surface area contributed by atoms with Crippen LogP contribution in [-0.2, 0) is 19.6 Å². The zero-order valence-electron chi connectivity index (χ0n) is 13.5. The van der Waals surface area contributed by atoms with Gasteiger partial charge in [0, 0.05) is 37.1 Å². The number of halogens is 3. The normalized spacial score (nSPS) is 15.2. The molecule has 23 heavy (non-hydrogen) atoms. The minimum absolute atomic E-state index is 0.143. The Morgan fingerprint density at radius 1 is 1.22 bits per heavy atom. The van der Waals surface area contributed by atoms with Crippen LogP contribution in [0.2, 0.25) is 0 Å². The van der Waals surface area contributed by atoms with Crippen molar-refractivity contribution in [3.8, 4) is 11.1 Å². The van der Waals surface area contributed by atoms with Crippen LogP contribution in [-0.4, -0.2) is 22.4 Å². The first-order valence-electron chi connectivity index (χ1n) is 7.78. The van der Waals surface area contributed by atoms with Crippen molar-refractivity contribution in [2.45, 2.75) is 38.9 Å². The van der Waals surface area contributed by atoms with Gasteiger partial charge in [-0.15, -0.1) is 0 Å². The molecule has 1 aliphatic heterocycles. The number of hydrogen-bond acceptors (Lipinski definition) is 2. The van der Waals surface area contributed by atoms with Crippen LogP contribution in [0.3, 0.4) is 0 Å². The van der Waals surface area contributed by atoms with Crippen LogP contribution >= 0.6 is 0 Å². The molecule has 2 heterocycles. The lowest BCUT2D eigenvalue weighted by molar-refractivity contribution is -0.140. The van der Waals surface area contributed by atoms with Crippen LogP contribution in [0.25, 0.3) is 11.1 Å². The molecule has 0 N–H and O–H groups in total. The molecule has 0 atom stereocenters. The van der Waals surface area contributed by atoms with Crippen molar-refractivity contribution in [3.63, 3.8) is 0 Å². The summed E-state index contributed by atoms with van der Waals surface area (Å²) in [7, 11) is 1.51. The van der Waals surface area contributed by atoms with Crippen LogP contribution in [0.5, 0.6) is 0 Å². The fourth-order valence-corrected chi connectivity index (χ4v) is 3.24. The van der Waals surface area contributed by atoms with Crippen molar-refractivity contribution < 1.29 is 13.2 Å². The molecule has 0 amide bonds. The van der Waals surface area contributed by atoms with Gasteiger partial charge in [-0.25, -0.2) is 0 Å². The van der Waals surface area contributed by atoms with Gasteiger partial charge in [0.05, 0.1) is 0 Å². The van der Waals surface area contributed by atoms with Gasteiger partial charge in [-0.3, -0.25) is 4.68 Å². The number of anilines is 1. The molecule has 0 saturated heterocycles. The van der Waals surface area contributed by atoms with E-state index in [1.807, 2.05) is 12.1 Å². The van der Waals surface area contributed by atoms with E-state index in [0.717, 1.165) is 30.6 Å². The first-order valence-corrected chi connectivity index (χ1v) is 7.78. The van der Waals surface area contributed by atoms with Gasteiger partial charge in [0.15, 0.2) is 5.69 Å². The van der Waals surface area contributed by atoms with E-state index < -0.39 is 11.9 Å². The van der Waals surface area contributed by atoms with Crippen LogP contribution in [0.4, 0.5) is 18.9 Å². The summed E-state index contributed by atoms with van der Waals surface area (Å²) in [4.78, 5) is 2.30. The molecule has 0 fully saturated rings.